The lowest BCUT2D eigenvalue weighted by Crippen LogP contribution is -2.05. The van der Waals surface area contributed by atoms with Crippen molar-refractivity contribution in [3.63, 3.8) is 0 Å². The highest BCUT2D eigenvalue weighted by Gasteiger charge is 2.21. The van der Waals surface area contributed by atoms with Crippen LogP contribution in [0, 0.1) is 6.92 Å². The van der Waals surface area contributed by atoms with E-state index in [9.17, 15) is 4.79 Å². The first-order chi connectivity index (χ1) is 10.7. The molecule has 0 saturated heterocycles. The first-order valence-electron chi connectivity index (χ1n) is 6.87. The standard InChI is InChI=1S/C17H15N3O2/c1-12-8-10-14(11-9-12)20-18-15(13-6-4-3-5-7-13)16(19-20)17(21)22-2/h3-11H,1-2H3. The Labute approximate surface area is 128 Å². The van der Waals surface area contributed by atoms with Gasteiger partial charge in [0, 0.05) is 5.56 Å². The largest absolute Gasteiger partial charge is 0.464 e. The van der Waals surface area contributed by atoms with Crippen molar-refractivity contribution in [2.45, 2.75) is 6.92 Å². The Bertz CT molecular complexity index is 793. The number of methoxy groups -OCH3 is 1. The van der Waals surface area contributed by atoms with Crippen LogP contribution in [0.25, 0.3) is 16.9 Å². The Morgan fingerprint density at radius 1 is 1.00 bits per heavy atom. The van der Waals surface area contributed by atoms with Crippen LogP contribution in [-0.2, 0) is 4.74 Å². The van der Waals surface area contributed by atoms with Crippen molar-refractivity contribution in [3.8, 4) is 16.9 Å². The van der Waals surface area contributed by atoms with Crippen LogP contribution >= 0.6 is 0 Å². The molecular weight excluding hydrogens is 278 g/mol. The van der Waals surface area contributed by atoms with Crippen molar-refractivity contribution in [1.82, 2.24) is 15.0 Å². The number of esters is 1. The number of carbonyl (C=O) groups excluding carboxylic acids is 1. The minimum absolute atomic E-state index is 0.203. The number of ether oxygens (including phenoxy) is 1. The molecule has 0 aliphatic rings. The van der Waals surface area contributed by atoms with Crippen LogP contribution < -0.4 is 0 Å². The quantitative estimate of drug-likeness (QED) is 0.696. The molecule has 0 radical (unpaired) electrons. The van der Waals surface area contributed by atoms with Gasteiger partial charge in [0.1, 0.15) is 5.69 Å². The molecule has 110 valence electrons. The highest BCUT2D eigenvalue weighted by atomic mass is 16.5. The Kier molecular flexibility index (Phi) is 3.70. The van der Waals surface area contributed by atoms with Gasteiger partial charge in [0.15, 0.2) is 5.69 Å². The van der Waals surface area contributed by atoms with E-state index in [2.05, 4.69) is 10.2 Å². The van der Waals surface area contributed by atoms with Crippen LogP contribution in [0.2, 0.25) is 0 Å². The van der Waals surface area contributed by atoms with Crippen molar-refractivity contribution in [2.24, 2.45) is 0 Å². The monoisotopic (exact) mass is 293 g/mol. The maximum atomic E-state index is 12.0. The smallest absolute Gasteiger partial charge is 0.360 e. The molecule has 0 bridgehead atoms. The van der Waals surface area contributed by atoms with Gasteiger partial charge in [-0.3, -0.25) is 0 Å². The molecule has 0 fully saturated rings. The first-order valence-corrected chi connectivity index (χ1v) is 6.87. The number of rotatable bonds is 3. The third-order valence-corrected chi connectivity index (χ3v) is 3.30. The van der Waals surface area contributed by atoms with Crippen molar-refractivity contribution < 1.29 is 9.53 Å². The summed E-state index contributed by atoms with van der Waals surface area (Å²) in [5, 5.41) is 8.74. The second-order valence-corrected chi connectivity index (χ2v) is 4.88. The number of aromatic nitrogens is 3. The Morgan fingerprint density at radius 3 is 2.32 bits per heavy atom. The average molecular weight is 293 g/mol. The summed E-state index contributed by atoms with van der Waals surface area (Å²) in [4.78, 5) is 13.4. The molecular formula is C17H15N3O2. The minimum Gasteiger partial charge on any atom is -0.464 e. The van der Waals surface area contributed by atoms with Gasteiger partial charge in [-0.1, -0.05) is 48.0 Å². The highest BCUT2D eigenvalue weighted by molar-refractivity contribution is 5.93. The number of nitrogens with zero attached hydrogens (tertiary/aromatic N) is 3. The zero-order chi connectivity index (χ0) is 15.5. The summed E-state index contributed by atoms with van der Waals surface area (Å²) >= 11 is 0. The first kappa shape index (κ1) is 14.0. The van der Waals surface area contributed by atoms with E-state index in [1.54, 1.807) is 0 Å². The van der Waals surface area contributed by atoms with Crippen LogP contribution in [0.15, 0.2) is 54.6 Å². The highest BCUT2D eigenvalue weighted by Crippen LogP contribution is 2.22. The predicted molar refractivity (Wildman–Crippen MR) is 82.9 cm³/mol. The molecule has 0 aliphatic heterocycles. The lowest BCUT2D eigenvalue weighted by molar-refractivity contribution is 0.0594. The zero-order valence-corrected chi connectivity index (χ0v) is 12.4. The second kappa shape index (κ2) is 5.81. The van der Waals surface area contributed by atoms with E-state index < -0.39 is 5.97 Å². The van der Waals surface area contributed by atoms with Gasteiger partial charge in [0.05, 0.1) is 12.8 Å². The van der Waals surface area contributed by atoms with Crippen LogP contribution in [0.3, 0.4) is 0 Å². The maximum absolute atomic E-state index is 12.0. The Balaban J connectivity index is 2.13. The normalized spacial score (nSPS) is 10.5. The molecule has 0 N–H and O–H groups in total. The van der Waals surface area contributed by atoms with Gasteiger partial charge >= 0.3 is 5.97 Å². The zero-order valence-electron chi connectivity index (χ0n) is 12.4. The van der Waals surface area contributed by atoms with Gasteiger partial charge in [-0.15, -0.1) is 10.2 Å². The van der Waals surface area contributed by atoms with Gasteiger partial charge in [-0.2, -0.15) is 4.80 Å². The molecule has 2 aromatic carbocycles. The molecule has 0 spiro atoms. The molecule has 0 atom stereocenters. The Morgan fingerprint density at radius 2 is 1.68 bits per heavy atom. The molecule has 5 nitrogen and oxygen atoms in total. The molecule has 0 saturated carbocycles. The van der Waals surface area contributed by atoms with Crippen LogP contribution in [-0.4, -0.2) is 28.1 Å². The topological polar surface area (TPSA) is 57.0 Å². The summed E-state index contributed by atoms with van der Waals surface area (Å²) in [5.74, 6) is -0.503. The predicted octanol–water partition coefficient (Wildman–Crippen LogP) is 3.03. The molecule has 0 unspecified atom stereocenters. The van der Waals surface area contributed by atoms with Crippen molar-refractivity contribution in [3.05, 3.63) is 65.9 Å². The van der Waals surface area contributed by atoms with E-state index >= 15 is 0 Å². The van der Waals surface area contributed by atoms with E-state index in [1.807, 2.05) is 61.5 Å². The van der Waals surface area contributed by atoms with Gasteiger partial charge in [0.25, 0.3) is 0 Å². The van der Waals surface area contributed by atoms with E-state index in [1.165, 1.54) is 11.9 Å². The molecule has 5 heteroatoms. The molecule has 0 amide bonds. The van der Waals surface area contributed by atoms with Crippen molar-refractivity contribution in [2.75, 3.05) is 7.11 Å². The van der Waals surface area contributed by atoms with Gasteiger partial charge in [-0.05, 0) is 19.1 Å². The van der Waals surface area contributed by atoms with Crippen LogP contribution in [0.4, 0.5) is 0 Å². The lowest BCUT2D eigenvalue weighted by atomic mass is 10.1. The summed E-state index contributed by atoms with van der Waals surface area (Å²) in [6.45, 7) is 2.01. The second-order valence-electron chi connectivity index (χ2n) is 4.88. The third kappa shape index (κ3) is 2.61. The number of hydrogen-bond donors (Lipinski definition) is 0. The van der Waals surface area contributed by atoms with Gasteiger partial charge in [-0.25, -0.2) is 4.79 Å². The van der Waals surface area contributed by atoms with Gasteiger partial charge in [0.2, 0.25) is 0 Å². The number of benzene rings is 2. The molecule has 22 heavy (non-hydrogen) atoms. The fourth-order valence-corrected chi connectivity index (χ4v) is 2.12. The Hall–Kier alpha value is -2.95. The molecule has 3 aromatic rings. The SMILES string of the molecule is COC(=O)c1nn(-c2ccc(C)cc2)nc1-c1ccccc1. The lowest BCUT2D eigenvalue weighted by Gasteiger charge is -1.99. The van der Waals surface area contributed by atoms with Crippen LogP contribution in [0.5, 0.6) is 0 Å². The van der Waals surface area contributed by atoms with Crippen LogP contribution in [0.1, 0.15) is 16.1 Å². The van der Waals surface area contributed by atoms with E-state index in [4.69, 9.17) is 4.74 Å². The maximum Gasteiger partial charge on any atom is 0.360 e. The molecule has 1 heterocycles. The summed E-state index contributed by atoms with van der Waals surface area (Å²) in [7, 11) is 1.34. The number of aryl methyl sites for hydroxylation is 1. The third-order valence-electron chi connectivity index (χ3n) is 3.30. The molecule has 1 aromatic heterocycles. The van der Waals surface area contributed by atoms with Crippen molar-refractivity contribution >= 4 is 5.97 Å². The average Bonchev–Trinajstić information content (AvgIpc) is 3.01. The minimum atomic E-state index is -0.503. The van der Waals surface area contributed by atoms with Gasteiger partial charge < -0.3 is 4.74 Å². The fourth-order valence-electron chi connectivity index (χ4n) is 2.12. The summed E-state index contributed by atoms with van der Waals surface area (Å²) in [5.41, 5.74) is 3.47. The van der Waals surface area contributed by atoms with E-state index in [0.717, 1.165) is 16.8 Å². The molecule has 3 rings (SSSR count). The fraction of sp³-hybridized carbons (Fsp3) is 0.118. The van der Waals surface area contributed by atoms with Crippen molar-refractivity contribution in [1.29, 1.82) is 0 Å². The van der Waals surface area contributed by atoms with E-state index in [-0.39, 0.29) is 5.69 Å². The summed E-state index contributed by atoms with van der Waals surface area (Å²) in [6.07, 6.45) is 0. The molecule has 0 aliphatic carbocycles. The number of hydrogen-bond acceptors (Lipinski definition) is 4. The summed E-state index contributed by atoms with van der Waals surface area (Å²) in [6, 6.07) is 17.2. The number of carbonyl (C=O) groups is 1. The summed E-state index contributed by atoms with van der Waals surface area (Å²) < 4.78 is 4.81. The van der Waals surface area contributed by atoms with E-state index in [0.29, 0.717) is 5.69 Å².